The zero-order valence-electron chi connectivity index (χ0n) is 7.99. The van der Waals surface area contributed by atoms with E-state index in [2.05, 4.69) is 6.58 Å². The highest BCUT2D eigenvalue weighted by molar-refractivity contribution is 5.79. The molecule has 14 heavy (non-hydrogen) atoms. The highest BCUT2D eigenvalue weighted by atomic mass is 16.5. The third-order valence-electron chi connectivity index (χ3n) is 1.98. The summed E-state index contributed by atoms with van der Waals surface area (Å²) in [4.78, 5) is 10.7. The highest BCUT2D eigenvalue weighted by Crippen LogP contribution is 2.32. The average molecular weight is 192 g/mol. The molecule has 0 fully saturated rings. The van der Waals surface area contributed by atoms with Gasteiger partial charge in [-0.1, -0.05) is 6.08 Å². The van der Waals surface area contributed by atoms with Crippen LogP contribution in [-0.2, 0) is 6.42 Å². The largest absolute Gasteiger partial charge is 0.504 e. The van der Waals surface area contributed by atoms with Crippen molar-refractivity contribution >= 4 is 6.29 Å². The van der Waals surface area contributed by atoms with Gasteiger partial charge in [-0.2, -0.15) is 0 Å². The quantitative estimate of drug-likeness (QED) is 0.585. The van der Waals surface area contributed by atoms with Gasteiger partial charge in [-0.3, -0.25) is 4.79 Å². The molecule has 0 atom stereocenters. The predicted molar refractivity (Wildman–Crippen MR) is 53.9 cm³/mol. The van der Waals surface area contributed by atoms with Gasteiger partial charge in [0.15, 0.2) is 11.5 Å². The topological polar surface area (TPSA) is 46.5 Å². The molecule has 3 nitrogen and oxygen atoms in total. The molecule has 0 saturated carbocycles. The van der Waals surface area contributed by atoms with Crippen molar-refractivity contribution in [2.75, 3.05) is 7.11 Å². The maximum absolute atomic E-state index is 10.7. The fourth-order valence-electron chi connectivity index (χ4n) is 1.26. The summed E-state index contributed by atoms with van der Waals surface area (Å²) in [5, 5.41) is 9.70. The van der Waals surface area contributed by atoms with Gasteiger partial charge in [-0.15, -0.1) is 6.58 Å². The Morgan fingerprint density at radius 2 is 2.29 bits per heavy atom. The first-order valence-electron chi connectivity index (χ1n) is 4.19. The number of allylic oxidation sites excluding steroid dienone is 1. The molecule has 1 N–H and O–H groups in total. The minimum atomic E-state index is 0.0111. The van der Waals surface area contributed by atoms with E-state index in [1.807, 2.05) is 0 Å². The van der Waals surface area contributed by atoms with Crippen LogP contribution in [0.25, 0.3) is 0 Å². The Bertz CT molecular complexity index is 356. The Hall–Kier alpha value is -1.77. The zero-order valence-corrected chi connectivity index (χ0v) is 7.99. The lowest BCUT2D eigenvalue weighted by Crippen LogP contribution is -1.94. The van der Waals surface area contributed by atoms with E-state index in [0.717, 1.165) is 0 Å². The van der Waals surface area contributed by atoms with Crippen molar-refractivity contribution in [3.63, 3.8) is 0 Å². The minimum absolute atomic E-state index is 0.0111. The summed E-state index contributed by atoms with van der Waals surface area (Å²) in [6.07, 6.45) is 2.77. The van der Waals surface area contributed by atoms with Crippen molar-refractivity contribution in [2.24, 2.45) is 0 Å². The molecule has 0 aromatic heterocycles. The van der Waals surface area contributed by atoms with Crippen LogP contribution in [0.5, 0.6) is 11.5 Å². The Kier molecular flexibility index (Phi) is 3.29. The third kappa shape index (κ3) is 1.76. The molecule has 0 aliphatic heterocycles. The summed E-state index contributed by atoms with van der Waals surface area (Å²) < 4.78 is 4.93. The number of rotatable bonds is 4. The first kappa shape index (κ1) is 10.3. The molecule has 0 bridgehead atoms. The van der Waals surface area contributed by atoms with Crippen LogP contribution in [0.3, 0.4) is 0 Å². The summed E-state index contributed by atoms with van der Waals surface area (Å²) in [6, 6.07) is 3.18. The van der Waals surface area contributed by atoms with Crippen molar-refractivity contribution in [3.8, 4) is 11.5 Å². The number of ether oxygens (including phenoxy) is 1. The number of carbonyl (C=O) groups excluding carboxylic acids is 1. The van der Waals surface area contributed by atoms with Crippen LogP contribution in [0.15, 0.2) is 24.8 Å². The van der Waals surface area contributed by atoms with Crippen molar-refractivity contribution in [2.45, 2.75) is 6.42 Å². The molecular weight excluding hydrogens is 180 g/mol. The van der Waals surface area contributed by atoms with Crippen molar-refractivity contribution < 1.29 is 14.6 Å². The van der Waals surface area contributed by atoms with Crippen LogP contribution in [0, 0.1) is 0 Å². The maximum Gasteiger partial charge on any atom is 0.161 e. The summed E-state index contributed by atoms with van der Waals surface area (Å²) in [5.41, 5.74) is 1.01. The van der Waals surface area contributed by atoms with Gasteiger partial charge in [0.25, 0.3) is 0 Å². The van der Waals surface area contributed by atoms with E-state index in [0.29, 0.717) is 29.6 Å². The fourth-order valence-corrected chi connectivity index (χ4v) is 1.26. The number of aromatic hydroxyl groups is 1. The standard InChI is InChI=1S/C11H12O3/c1-3-4-9-8(7-12)5-6-10(14-2)11(9)13/h3,5-7,13H,1,4H2,2H3. The molecule has 0 amide bonds. The SMILES string of the molecule is C=CCc1c(C=O)ccc(OC)c1O. The number of carbonyl (C=O) groups is 1. The van der Waals surface area contributed by atoms with Gasteiger partial charge in [-0.25, -0.2) is 0 Å². The fraction of sp³-hybridized carbons (Fsp3) is 0.182. The molecule has 3 heteroatoms. The number of benzene rings is 1. The van der Waals surface area contributed by atoms with Crippen LogP contribution in [0.2, 0.25) is 0 Å². The lowest BCUT2D eigenvalue weighted by molar-refractivity contribution is 0.112. The first-order chi connectivity index (χ1) is 6.74. The number of phenolic OH excluding ortho intramolecular Hbond substituents is 1. The van der Waals surface area contributed by atoms with Gasteiger partial charge >= 0.3 is 0 Å². The molecule has 1 aromatic carbocycles. The molecule has 0 heterocycles. The van der Waals surface area contributed by atoms with Crippen LogP contribution in [-0.4, -0.2) is 18.5 Å². The van der Waals surface area contributed by atoms with Crippen molar-refractivity contribution in [1.82, 2.24) is 0 Å². The van der Waals surface area contributed by atoms with E-state index < -0.39 is 0 Å². The van der Waals surface area contributed by atoms with E-state index >= 15 is 0 Å². The second-order valence-electron chi connectivity index (χ2n) is 2.79. The molecule has 74 valence electrons. The lowest BCUT2D eigenvalue weighted by Gasteiger charge is -2.09. The summed E-state index contributed by atoms with van der Waals surface area (Å²) in [7, 11) is 1.47. The van der Waals surface area contributed by atoms with Gasteiger partial charge in [-0.05, 0) is 18.6 Å². The van der Waals surface area contributed by atoms with E-state index in [-0.39, 0.29) is 5.75 Å². The monoisotopic (exact) mass is 192 g/mol. The maximum atomic E-state index is 10.7. The number of aldehydes is 1. The van der Waals surface area contributed by atoms with Gasteiger partial charge in [0.1, 0.15) is 6.29 Å². The normalized spacial score (nSPS) is 9.50. The summed E-state index contributed by atoms with van der Waals surface area (Å²) in [5.74, 6) is 0.379. The number of methoxy groups -OCH3 is 1. The van der Waals surface area contributed by atoms with Crippen LogP contribution < -0.4 is 4.74 Å². The molecule has 0 saturated heterocycles. The van der Waals surface area contributed by atoms with Gasteiger partial charge < -0.3 is 9.84 Å². The molecule has 1 aromatic rings. The van der Waals surface area contributed by atoms with Crippen LogP contribution in [0.4, 0.5) is 0 Å². The van der Waals surface area contributed by atoms with Gasteiger partial charge in [0.2, 0.25) is 0 Å². The predicted octanol–water partition coefficient (Wildman–Crippen LogP) is 1.94. The average Bonchev–Trinajstić information content (AvgIpc) is 2.21. The summed E-state index contributed by atoms with van der Waals surface area (Å²) >= 11 is 0. The van der Waals surface area contributed by atoms with E-state index in [1.54, 1.807) is 18.2 Å². The smallest absolute Gasteiger partial charge is 0.161 e. The first-order valence-corrected chi connectivity index (χ1v) is 4.19. The van der Waals surface area contributed by atoms with Crippen molar-refractivity contribution in [1.29, 1.82) is 0 Å². The Labute approximate surface area is 82.6 Å². The number of hydrogen-bond acceptors (Lipinski definition) is 3. The second-order valence-corrected chi connectivity index (χ2v) is 2.79. The Morgan fingerprint density at radius 3 is 2.79 bits per heavy atom. The van der Waals surface area contributed by atoms with E-state index in [4.69, 9.17) is 4.74 Å². The zero-order chi connectivity index (χ0) is 10.6. The van der Waals surface area contributed by atoms with Crippen LogP contribution >= 0.6 is 0 Å². The van der Waals surface area contributed by atoms with E-state index in [1.165, 1.54) is 7.11 Å². The molecular formula is C11H12O3. The molecule has 0 spiro atoms. The number of hydrogen-bond donors (Lipinski definition) is 1. The van der Waals surface area contributed by atoms with Gasteiger partial charge in [0.05, 0.1) is 7.11 Å². The highest BCUT2D eigenvalue weighted by Gasteiger charge is 2.10. The van der Waals surface area contributed by atoms with Gasteiger partial charge in [0, 0.05) is 11.1 Å². The summed E-state index contributed by atoms with van der Waals surface area (Å²) in [6.45, 7) is 3.56. The number of phenols is 1. The second kappa shape index (κ2) is 4.46. The molecule has 0 aliphatic carbocycles. The third-order valence-corrected chi connectivity index (χ3v) is 1.98. The lowest BCUT2D eigenvalue weighted by atomic mass is 10.0. The van der Waals surface area contributed by atoms with Crippen molar-refractivity contribution in [3.05, 3.63) is 35.9 Å². The molecule has 1 rings (SSSR count). The Morgan fingerprint density at radius 1 is 1.57 bits per heavy atom. The Balaban J connectivity index is 3.30. The van der Waals surface area contributed by atoms with E-state index in [9.17, 15) is 9.90 Å². The van der Waals surface area contributed by atoms with Crippen LogP contribution in [0.1, 0.15) is 15.9 Å². The molecule has 0 radical (unpaired) electrons. The molecule has 0 unspecified atom stereocenters. The molecule has 0 aliphatic rings. The minimum Gasteiger partial charge on any atom is -0.504 e.